The predicted octanol–water partition coefficient (Wildman–Crippen LogP) is 4.90. The first kappa shape index (κ1) is 16.1. The second kappa shape index (κ2) is 7.66. The van der Waals surface area contributed by atoms with Crippen LogP contribution in [-0.2, 0) is 0 Å². The Morgan fingerprint density at radius 3 is 2.71 bits per heavy atom. The highest BCUT2D eigenvalue weighted by atomic mass is 79.9. The molecule has 0 amide bonds. The van der Waals surface area contributed by atoms with E-state index in [1.807, 2.05) is 24.3 Å². The highest BCUT2D eigenvalue weighted by Gasteiger charge is 2.10. The van der Waals surface area contributed by atoms with E-state index >= 15 is 0 Å². The van der Waals surface area contributed by atoms with Crippen molar-refractivity contribution in [3.05, 3.63) is 52.4 Å². The van der Waals surface area contributed by atoms with Crippen LogP contribution in [0.15, 0.2) is 45.5 Å². The molecule has 0 radical (unpaired) electrons. The molecular weight excluding hydrogens is 330 g/mol. The quantitative estimate of drug-likeness (QED) is 0.720. The van der Waals surface area contributed by atoms with Crippen LogP contribution in [-0.4, -0.2) is 13.2 Å². The van der Waals surface area contributed by atoms with Crippen LogP contribution >= 0.6 is 15.9 Å². The zero-order valence-corrected chi connectivity index (χ0v) is 14.3. The molecule has 0 fully saturated rings. The van der Waals surface area contributed by atoms with Gasteiger partial charge in [-0.3, -0.25) is 0 Å². The van der Waals surface area contributed by atoms with Crippen molar-refractivity contribution in [2.45, 2.75) is 32.7 Å². The van der Waals surface area contributed by atoms with Crippen LogP contribution in [0.3, 0.4) is 0 Å². The molecule has 2 rings (SSSR count). The summed E-state index contributed by atoms with van der Waals surface area (Å²) < 4.78 is 12.4. The molecule has 0 spiro atoms. The van der Waals surface area contributed by atoms with Gasteiger partial charge in [0.05, 0.1) is 12.3 Å². The summed E-state index contributed by atoms with van der Waals surface area (Å²) in [5.74, 6) is 2.34. The highest BCUT2D eigenvalue weighted by Crippen LogP contribution is 2.29. The van der Waals surface area contributed by atoms with Gasteiger partial charge in [-0.05, 0) is 48.7 Å². The zero-order valence-electron chi connectivity index (χ0n) is 12.7. The lowest BCUT2D eigenvalue weighted by Gasteiger charge is -2.16. The number of hydrogen-bond donors (Lipinski definition) is 1. The third-order valence-electron chi connectivity index (χ3n) is 3.37. The summed E-state index contributed by atoms with van der Waals surface area (Å²) in [6, 6.07) is 10.2. The second-order valence-corrected chi connectivity index (χ2v) is 6.29. The van der Waals surface area contributed by atoms with Gasteiger partial charge in [-0.1, -0.05) is 29.8 Å². The van der Waals surface area contributed by atoms with Crippen molar-refractivity contribution in [1.29, 1.82) is 0 Å². The van der Waals surface area contributed by atoms with Crippen LogP contribution in [0.25, 0.3) is 0 Å². The third kappa shape index (κ3) is 4.61. The van der Waals surface area contributed by atoms with Gasteiger partial charge in [0.25, 0.3) is 0 Å². The molecular formula is C17H22BrNO2. The van der Waals surface area contributed by atoms with Gasteiger partial charge in [0.2, 0.25) is 0 Å². The number of hydrogen-bond acceptors (Lipinski definition) is 3. The number of nitrogens with one attached hydrogen (secondary N) is 1. The molecule has 2 aromatic rings. The van der Waals surface area contributed by atoms with Crippen LogP contribution in [0.1, 0.15) is 44.1 Å². The molecule has 1 N–H and O–H groups in total. The van der Waals surface area contributed by atoms with Gasteiger partial charge in [-0.25, -0.2) is 0 Å². The van der Waals surface area contributed by atoms with Crippen LogP contribution in [0.2, 0.25) is 0 Å². The van der Waals surface area contributed by atoms with Gasteiger partial charge in [0, 0.05) is 11.0 Å². The molecule has 4 heteroatoms. The molecule has 1 aromatic heterocycles. The van der Waals surface area contributed by atoms with Crippen molar-refractivity contribution >= 4 is 15.9 Å². The monoisotopic (exact) mass is 351 g/mol. The van der Waals surface area contributed by atoms with Crippen molar-refractivity contribution in [3.8, 4) is 5.75 Å². The molecule has 1 heterocycles. The summed E-state index contributed by atoms with van der Waals surface area (Å²) in [4.78, 5) is 0. The second-order valence-electron chi connectivity index (χ2n) is 5.38. The SMILES string of the molecule is CC(C)c1cc(Br)ccc1OCCNC(C)c1ccco1. The number of halogens is 1. The highest BCUT2D eigenvalue weighted by molar-refractivity contribution is 9.10. The van der Waals surface area contributed by atoms with E-state index in [0.29, 0.717) is 12.5 Å². The fourth-order valence-corrected chi connectivity index (χ4v) is 2.56. The van der Waals surface area contributed by atoms with Crippen molar-refractivity contribution in [3.63, 3.8) is 0 Å². The van der Waals surface area contributed by atoms with Gasteiger partial charge in [0.15, 0.2) is 0 Å². The smallest absolute Gasteiger partial charge is 0.122 e. The lowest BCUT2D eigenvalue weighted by atomic mass is 10.0. The minimum absolute atomic E-state index is 0.193. The van der Waals surface area contributed by atoms with Crippen LogP contribution in [0.5, 0.6) is 5.75 Å². The Balaban J connectivity index is 1.83. The van der Waals surface area contributed by atoms with E-state index < -0.39 is 0 Å². The maximum atomic E-state index is 5.91. The molecule has 114 valence electrons. The van der Waals surface area contributed by atoms with Crippen LogP contribution in [0.4, 0.5) is 0 Å². The lowest BCUT2D eigenvalue weighted by molar-refractivity contribution is 0.298. The molecule has 0 aliphatic heterocycles. The molecule has 1 unspecified atom stereocenters. The Kier molecular flexibility index (Phi) is 5.88. The molecule has 3 nitrogen and oxygen atoms in total. The van der Waals surface area contributed by atoms with Crippen molar-refractivity contribution in [1.82, 2.24) is 5.32 Å². The summed E-state index contributed by atoms with van der Waals surface area (Å²) in [5, 5.41) is 3.39. The van der Waals surface area contributed by atoms with Gasteiger partial charge in [-0.2, -0.15) is 0 Å². The molecule has 0 bridgehead atoms. The van der Waals surface area contributed by atoms with E-state index in [4.69, 9.17) is 9.15 Å². The molecule has 0 saturated carbocycles. The largest absolute Gasteiger partial charge is 0.492 e. The van der Waals surface area contributed by atoms with Gasteiger partial charge < -0.3 is 14.5 Å². The lowest BCUT2D eigenvalue weighted by Crippen LogP contribution is -2.24. The van der Waals surface area contributed by atoms with Crippen LogP contribution in [0, 0.1) is 0 Å². The fourth-order valence-electron chi connectivity index (χ4n) is 2.18. The average Bonchev–Trinajstić information content (AvgIpc) is 2.98. The zero-order chi connectivity index (χ0) is 15.2. The fraction of sp³-hybridized carbons (Fsp3) is 0.412. The molecule has 0 aliphatic rings. The Bertz CT molecular complexity index is 552. The maximum Gasteiger partial charge on any atom is 0.122 e. The van der Waals surface area contributed by atoms with E-state index in [1.165, 1.54) is 5.56 Å². The van der Waals surface area contributed by atoms with Crippen molar-refractivity contribution in [2.24, 2.45) is 0 Å². The number of ether oxygens (including phenoxy) is 1. The first-order valence-corrected chi connectivity index (χ1v) is 8.06. The Morgan fingerprint density at radius 1 is 1.24 bits per heavy atom. The van der Waals surface area contributed by atoms with E-state index in [-0.39, 0.29) is 6.04 Å². The van der Waals surface area contributed by atoms with Crippen molar-refractivity contribution in [2.75, 3.05) is 13.2 Å². The normalized spacial score (nSPS) is 12.6. The third-order valence-corrected chi connectivity index (χ3v) is 3.87. The Morgan fingerprint density at radius 2 is 2.05 bits per heavy atom. The van der Waals surface area contributed by atoms with Gasteiger partial charge in [-0.15, -0.1) is 0 Å². The molecule has 1 aromatic carbocycles. The predicted molar refractivity (Wildman–Crippen MR) is 88.9 cm³/mol. The molecule has 1 atom stereocenters. The molecule has 0 aliphatic carbocycles. The minimum atomic E-state index is 0.193. The average molecular weight is 352 g/mol. The maximum absolute atomic E-state index is 5.91. The topological polar surface area (TPSA) is 34.4 Å². The van der Waals surface area contributed by atoms with E-state index in [9.17, 15) is 0 Å². The first-order valence-electron chi connectivity index (χ1n) is 7.27. The van der Waals surface area contributed by atoms with E-state index in [1.54, 1.807) is 6.26 Å². The molecule has 21 heavy (non-hydrogen) atoms. The number of benzene rings is 1. The first-order chi connectivity index (χ1) is 10.1. The van der Waals surface area contributed by atoms with E-state index in [0.717, 1.165) is 22.5 Å². The Labute approximate surface area is 134 Å². The van der Waals surface area contributed by atoms with Crippen molar-refractivity contribution < 1.29 is 9.15 Å². The summed E-state index contributed by atoms with van der Waals surface area (Å²) in [6.07, 6.45) is 1.70. The van der Waals surface area contributed by atoms with Gasteiger partial charge >= 0.3 is 0 Å². The number of furan rings is 1. The summed E-state index contributed by atoms with van der Waals surface area (Å²) in [5.41, 5.74) is 1.23. The summed E-state index contributed by atoms with van der Waals surface area (Å²) in [7, 11) is 0. The van der Waals surface area contributed by atoms with Crippen LogP contribution < -0.4 is 10.1 Å². The minimum Gasteiger partial charge on any atom is -0.492 e. The summed E-state index contributed by atoms with van der Waals surface area (Å²) in [6.45, 7) is 7.83. The van der Waals surface area contributed by atoms with Gasteiger partial charge in [0.1, 0.15) is 18.1 Å². The Hall–Kier alpha value is -1.26. The summed E-state index contributed by atoms with van der Waals surface area (Å²) >= 11 is 3.51. The molecule has 0 saturated heterocycles. The standard InChI is InChI=1S/C17H22BrNO2/c1-12(2)15-11-14(18)6-7-17(15)21-10-8-19-13(3)16-5-4-9-20-16/h4-7,9,11-13,19H,8,10H2,1-3H3. The number of rotatable bonds is 7. The van der Waals surface area contributed by atoms with E-state index in [2.05, 4.69) is 48.1 Å².